The van der Waals surface area contributed by atoms with Gasteiger partial charge in [0.1, 0.15) is 0 Å². The molecule has 1 aromatic carbocycles. The summed E-state index contributed by atoms with van der Waals surface area (Å²) in [5, 5.41) is 9.67. The van der Waals surface area contributed by atoms with Gasteiger partial charge in [0, 0.05) is 37.8 Å². The molecule has 1 atom stereocenters. The van der Waals surface area contributed by atoms with Gasteiger partial charge in [0.05, 0.1) is 0 Å². The molecule has 3 rings (SSSR count). The molecule has 2 heterocycles. The van der Waals surface area contributed by atoms with Crippen LogP contribution in [0.3, 0.4) is 0 Å². The first-order chi connectivity index (χ1) is 7.84. The number of carbonyl (C=O) groups excluding carboxylic acids is 1. The van der Waals surface area contributed by atoms with Crippen LogP contribution in [0.4, 0.5) is 0 Å². The Bertz CT molecular complexity index is 424. The molecule has 0 bridgehead atoms. The highest BCUT2D eigenvalue weighted by Gasteiger charge is 2.21. The predicted molar refractivity (Wildman–Crippen MR) is 61.2 cm³/mol. The number of rotatable bonds is 1. The highest BCUT2D eigenvalue weighted by atomic mass is 16.1. The molecule has 0 aromatic heterocycles. The van der Waals surface area contributed by atoms with Crippen LogP contribution in [0.5, 0.6) is 0 Å². The van der Waals surface area contributed by atoms with E-state index in [0.717, 1.165) is 30.8 Å². The van der Waals surface area contributed by atoms with Gasteiger partial charge in [-0.15, -0.1) is 0 Å². The van der Waals surface area contributed by atoms with Crippen molar-refractivity contribution in [1.29, 1.82) is 0 Å². The summed E-state index contributed by atoms with van der Waals surface area (Å²) in [6, 6.07) is 6.49. The van der Waals surface area contributed by atoms with E-state index in [2.05, 4.69) is 28.1 Å². The smallest absolute Gasteiger partial charge is 0.251 e. The second-order valence-electron chi connectivity index (χ2n) is 4.31. The van der Waals surface area contributed by atoms with Crippen LogP contribution < -0.4 is 16.0 Å². The number of benzene rings is 1. The molecule has 0 aliphatic carbocycles. The summed E-state index contributed by atoms with van der Waals surface area (Å²) in [6.45, 7) is 3.66. The van der Waals surface area contributed by atoms with E-state index in [1.165, 1.54) is 5.56 Å². The van der Waals surface area contributed by atoms with Crippen molar-refractivity contribution in [2.45, 2.75) is 12.6 Å². The summed E-state index contributed by atoms with van der Waals surface area (Å²) in [7, 11) is 0. The third-order valence-electron chi connectivity index (χ3n) is 3.26. The molecule has 0 radical (unpaired) electrons. The number of carbonyl (C=O) groups is 1. The van der Waals surface area contributed by atoms with Crippen LogP contribution in [-0.2, 0) is 6.54 Å². The van der Waals surface area contributed by atoms with Crippen LogP contribution in [-0.4, -0.2) is 25.5 Å². The van der Waals surface area contributed by atoms with Crippen molar-refractivity contribution in [1.82, 2.24) is 16.0 Å². The van der Waals surface area contributed by atoms with Crippen molar-refractivity contribution in [3.05, 3.63) is 34.9 Å². The Morgan fingerprint density at radius 3 is 3.00 bits per heavy atom. The van der Waals surface area contributed by atoms with Gasteiger partial charge >= 0.3 is 0 Å². The number of hydrogen-bond donors (Lipinski definition) is 3. The van der Waals surface area contributed by atoms with Gasteiger partial charge in [0.2, 0.25) is 0 Å². The Balaban J connectivity index is 1.89. The van der Waals surface area contributed by atoms with E-state index in [0.29, 0.717) is 12.6 Å². The molecule has 0 saturated carbocycles. The lowest BCUT2D eigenvalue weighted by molar-refractivity contribution is 0.0966. The van der Waals surface area contributed by atoms with Crippen molar-refractivity contribution >= 4 is 5.91 Å². The summed E-state index contributed by atoms with van der Waals surface area (Å²) in [5.74, 6) is 0.0521. The fourth-order valence-corrected chi connectivity index (χ4v) is 2.36. The lowest BCUT2D eigenvalue weighted by atomic mass is 10.00. The molecule has 1 unspecified atom stereocenters. The molecule has 2 aliphatic rings. The van der Waals surface area contributed by atoms with Gasteiger partial charge in [-0.05, 0) is 17.2 Å². The van der Waals surface area contributed by atoms with Gasteiger partial charge in [0.25, 0.3) is 5.91 Å². The lowest BCUT2D eigenvalue weighted by Crippen LogP contribution is -2.42. The molecular formula is C12H15N3O. The SMILES string of the molecule is O=C1NCc2cc(C3CNCCN3)ccc21. The molecule has 16 heavy (non-hydrogen) atoms. The minimum Gasteiger partial charge on any atom is -0.348 e. The molecule has 3 N–H and O–H groups in total. The van der Waals surface area contributed by atoms with Gasteiger partial charge in [-0.2, -0.15) is 0 Å². The molecule has 1 fully saturated rings. The number of fused-ring (bicyclic) bond motifs is 1. The monoisotopic (exact) mass is 217 g/mol. The molecule has 1 aromatic rings. The first-order valence-electron chi connectivity index (χ1n) is 5.70. The van der Waals surface area contributed by atoms with Crippen molar-refractivity contribution in [2.24, 2.45) is 0 Å². The zero-order valence-corrected chi connectivity index (χ0v) is 9.05. The standard InChI is InChI=1S/C12H15N3O/c16-12-10-2-1-8(5-9(10)6-15-12)11-7-13-3-4-14-11/h1-2,5,11,13-14H,3-4,6-7H2,(H,15,16). The maximum atomic E-state index is 11.4. The van der Waals surface area contributed by atoms with E-state index >= 15 is 0 Å². The third kappa shape index (κ3) is 1.60. The van der Waals surface area contributed by atoms with Crippen molar-refractivity contribution < 1.29 is 4.79 Å². The van der Waals surface area contributed by atoms with Crippen LogP contribution in [0.15, 0.2) is 18.2 Å². The fourth-order valence-electron chi connectivity index (χ4n) is 2.36. The van der Waals surface area contributed by atoms with Gasteiger partial charge in [-0.1, -0.05) is 12.1 Å². The van der Waals surface area contributed by atoms with Crippen LogP contribution in [0, 0.1) is 0 Å². The van der Waals surface area contributed by atoms with Crippen LogP contribution in [0.1, 0.15) is 27.5 Å². The first kappa shape index (κ1) is 9.81. The zero-order valence-electron chi connectivity index (χ0n) is 9.05. The summed E-state index contributed by atoms with van der Waals surface area (Å²) >= 11 is 0. The van der Waals surface area contributed by atoms with Gasteiger partial charge in [0.15, 0.2) is 0 Å². The Morgan fingerprint density at radius 1 is 1.25 bits per heavy atom. The molecule has 2 aliphatic heterocycles. The summed E-state index contributed by atoms with van der Waals surface area (Å²) in [4.78, 5) is 11.4. The average molecular weight is 217 g/mol. The highest BCUT2D eigenvalue weighted by Crippen LogP contribution is 2.21. The Kier molecular flexibility index (Phi) is 2.38. The molecule has 1 amide bonds. The van der Waals surface area contributed by atoms with Gasteiger partial charge in [-0.25, -0.2) is 0 Å². The average Bonchev–Trinajstić information content (AvgIpc) is 2.72. The quantitative estimate of drug-likeness (QED) is 0.628. The molecular weight excluding hydrogens is 202 g/mol. The molecule has 0 spiro atoms. The normalized spacial score (nSPS) is 24.0. The van der Waals surface area contributed by atoms with Crippen molar-refractivity contribution in [3.63, 3.8) is 0 Å². The second kappa shape index (κ2) is 3.88. The number of nitrogens with one attached hydrogen (secondary N) is 3. The third-order valence-corrected chi connectivity index (χ3v) is 3.26. The number of piperazine rings is 1. The van der Waals surface area contributed by atoms with Gasteiger partial charge < -0.3 is 16.0 Å². The zero-order chi connectivity index (χ0) is 11.0. The minimum absolute atomic E-state index is 0.0521. The summed E-state index contributed by atoms with van der Waals surface area (Å²) in [5.41, 5.74) is 3.21. The topological polar surface area (TPSA) is 53.2 Å². The van der Waals surface area contributed by atoms with Gasteiger partial charge in [-0.3, -0.25) is 4.79 Å². The Hall–Kier alpha value is -1.39. The van der Waals surface area contributed by atoms with Crippen molar-refractivity contribution in [3.8, 4) is 0 Å². The Labute approximate surface area is 94.4 Å². The maximum absolute atomic E-state index is 11.4. The summed E-state index contributed by atoms with van der Waals surface area (Å²) in [6.07, 6.45) is 0. The molecule has 4 heteroatoms. The molecule has 4 nitrogen and oxygen atoms in total. The largest absolute Gasteiger partial charge is 0.348 e. The maximum Gasteiger partial charge on any atom is 0.251 e. The first-order valence-corrected chi connectivity index (χ1v) is 5.70. The predicted octanol–water partition coefficient (Wildman–Crippen LogP) is 0.164. The van der Waals surface area contributed by atoms with Crippen LogP contribution in [0.25, 0.3) is 0 Å². The van der Waals surface area contributed by atoms with E-state index in [4.69, 9.17) is 0 Å². The van der Waals surface area contributed by atoms with E-state index in [1.807, 2.05) is 6.07 Å². The van der Waals surface area contributed by atoms with E-state index in [-0.39, 0.29) is 5.91 Å². The highest BCUT2D eigenvalue weighted by molar-refractivity contribution is 5.98. The fraction of sp³-hybridized carbons (Fsp3) is 0.417. The summed E-state index contributed by atoms with van der Waals surface area (Å²) < 4.78 is 0. The second-order valence-corrected chi connectivity index (χ2v) is 4.31. The minimum atomic E-state index is 0.0521. The molecule has 84 valence electrons. The van der Waals surface area contributed by atoms with Crippen molar-refractivity contribution in [2.75, 3.05) is 19.6 Å². The Morgan fingerprint density at radius 2 is 2.19 bits per heavy atom. The van der Waals surface area contributed by atoms with E-state index < -0.39 is 0 Å². The van der Waals surface area contributed by atoms with Crippen LogP contribution >= 0.6 is 0 Å². The van der Waals surface area contributed by atoms with E-state index in [9.17, 15) is 4.79 Å². The molecule has 1 saturated heterocycles. The van der Waals surface area contributed by atoms with Crippen LogP contribution in [0.2, 0.25) is 0 Å². The number of amides is 1. The number of hydrogen-bond acceptors (Lipinski definition) is 3. The van der Waals surface area contributed by atoms with E-state index in [1.54, 1.807) is 0 Å². The lowest BCUT2D eigenvalue weighted by Gasteiger charge is -2.25.